The van der Waals surface area contributed by atoms with E-state index in [1.54, 1.807) is 55.8 Å². The number of H-pyrrole nitrogens is 1. The standard InChI is InChI=1S/C25H18ClN3O3/c1-14-18(26)6-4-8-20(14)29-22(15-9-11-27-12-10-15)21(24(31)25(29)32)23(30)17-13-28-19-7-3-2-5-16(17)19/h2-13,22,28,30H,1H3/b23-21-. The van der Waals surface area contributed by atoms with Gasteiger partial charge in [-0.05, 0) is 48.4 Å². The zero-order valence-electron chi connectivity index (χ0n) is 17.0. The van der Waals surface area contributed by atoms with E-state index in [0.717, 1.165) is 10.9 Å². The molecule has 1 aliphatic rings. The molecule has 6 nitrogen and oxygen atoms in total. The number of rotatable bonds is 3. The molecular weight excluding hydrogens is 426 g/mol. The van der Waals surface area contributed by atoms with Gasteiger partial charge in [0.15, 0.2) is 0 Å². The summed E-state index contributed by atoms with van der Waals surface area (Å²) in [6, 6.07) is 15.3. The van der Waals surface area contributed by atoms with Crippen molar-refractivity contribution in [3.63, 3.8) is 0 Å². The summed E-state index contributed by atoms with van der Waals surface area (Å²) in [6.07, 6.45) is 4.82. The van der Waals surface area contributed by atoms with Crippen LogP contribution < -0.4 is 4.90 Å². The van der Waals surface area contributed by atoms with Crippen molar-refractivity contribution in [1.82, 2.24) is 9.97 Å². The fraction of sp³-hybridized carbons (Fsp3) is 0.0800. The Kier molecular flexibility index (Phi) is 4.79. The quantitative estimate of drug-likeness (QED) is 0.260. The van der Waals surface area contributed by atoms with Gasteiger partial charge in [-0.15, -0.1) is 0 Å². The number of aromatic nitrogens is 2. The number of hydrogen-bond donors (Lipinski definition) is 2. The van der Waals surface area contributed by atoms with E-state index in [0.29, 0.717) is 27.4 Å². The molecule has 2 N–H and O–H groups in total. The highest BCUT2D eigenvalue weighted by atomic mass is 35.5. The Hall–Kier alpha value is -3.90. The SMILES string of the molecule is Cc1c(Cl)cccc1N1C(=O)C(=O)/C(=C(\O)c2c[nH]c3ccccc23)C1c1ccncc1. The number of fused-ring (bicyclic) bond motifs is 1. The first-order chi connectivity index (χ1) is 15.5. The minimum atomic E-state index is -0.830. The monoisotopic (exact) mass is 443 g/mol. The molecule has 7 heteroatoms. The minimum Gasteiger partial charge on any atom is -0.507 e. The van der Waals surface area contributed by atoms with Crippen molar-refractivity contribution in [1.29, 1.82) is 0 Å². The number of pyridine rings is 1. The highest BCUT2D eigenvalue weighted by Gasteiger charge is 2.47. The van der Waals surface area contributed by atoms with E-state index in [4.69, 9.17) is 11.6 Å². The number of anilines is 1. The Balaban J connectivity index is 1.78. The fourth-order valence-electron chi connectivity index (χ4n) is 4.21. The van der Waals surface area contributed by atoms with Gasteiger partial charge in [0.1, 0.15) is 5.76 Å². The number of halogens is 1. The number of nitrogens with zero attached hydrogens (tertiary/aromatic N) is 2. The normalized spacial score (nSPS) is 17.9. The smallest absolute Gasteiger partial charge is 0.300 e. The van der Waals surface area contributed by atoms with Crippen molar-refractivity contribution < 1.29 is 14.7 Å². The van der Waals surface area contributed by atoms with Crippen molar-refractivity contribution in [3.8, 4) is 0 Å². The van der Waals surface area contributed by atoms with Crippen molar-refractivity contribution in [2.24, 2.45) is 0 Å². The Bertz CT molecular complexity index is 1410. The van der Waals surface area contributed by atoms with E-state index in [1.807, 2.05) is 24.3 Å². The Morgan fingerprint density at radius 3 is 2.59 bits per heavy atom. The van der Waals surface area contributed by atoms with E-state index in [2.05, 4.69) is 9.97 Å². The second-order valence-corrected chi connectivity index (χ2v) is 7.99. The van der Waals surface area contributed by atoms with Gasteiger partial charge in [0.05, 0.1) is 11.6 Å². The van der Waals surface area contributed by atoms with Gasteiger partial charge < -0.3 is 10.1 Å². The lowest BCUT2D eigenvalue weighted by Gasteiger charge is -2.27. The molecule has 4 aromatic rings. The highest BCUT2D eigenvalue weighted by molar-refractivity contribution is 6.52. The molecule has 1 saturated heterocycles. The number of carbonyl (C=O) groups is 2. The van der Waals surface area contributed by atoms with Gasteiger partial charge in [-0.25, -0.2) is 0 Å². The molecule has 0 saturated carbocycles. The zero-order chi connectivity index (χ0) is 22.4. The van der Waals surface area contributed by atoms with Crippen molar-refractivity contribution in [2.75, 3.05) is 4.90 Å². The number of amides is 1. The second kappa shape index (κ2) is 7.66. The minimum absolute atomic E-state index is 0.0188. The largest absolute Gasteiger partial charge is 0.507 e. The van der Waals surface area contributed by atoms with Crippen molar-refractivity contribution >= 4 is 45.6 Å². The number of hydrogen-bond acceptors (Lipinski definition) is 4. The predicted molar refractivity (Wildman–Crippen MR) is 124 cm³/mol. The van der Waals surface area contributed by atoms with E-state index in [-0.39, 0.29) is 11.3 Å². The number of carbonyl (C=O) groups excluding carboxylic acids is 2. The summed E-state index contributed by atoms with van der Waals surface area (Å²) in [5, 5.41) is 12.6. The molecule has 1 aliphatic heterocycles. The van der Waals surface area contributed by atoms with Crippen LogP contribution >= 0.6 is 11.6 Å². The van der Waals surface area contributed by atoms with E-state index < -0.39 is 17.7 Å². The molecule has 0 spiro atoms. The molecule has 158 valence electrons. The molecule has 0 bridgehead atoms. The van der Waals surface area contributed by atoms with Crippen LogP contribution in [0.3, 0.4) is 0 Å². The predicted octanol–water partition coefficient (Wildman–Crippen LogP) is 5.15. The zero-order valence-corrected chi connectivity index (χ0v) is 17.8. The summed E-state index contributed by atoms with van der Waals surface area (Å²) >= 11 is 6.32. The van der Waals surface area contributed by atoms with Gasteiger partial charge in [-0.1, -0.05) is 35.9 Å². The number of para-hydroxylation sites is 1. The van der Waals surface area contributed by atoms with Crippen molar-refractivity contribution in [3.05, 3.63) is 100 Å². The van der Waals surface area contributed by atoms with Crippen LogP contribution in [0.5, 0.6) is 0 Å². The number of benzene rings is 2. The average molecular weight is 444 g/mol. The van der Waals surface area contributed by atoms with Gasteiger partial charge in [-0.2, -0.15) is 0 Å². The highest BCUT2D eigenvalue weighted by Crippen LogP contribution is 2.44. The molecule has 5 rings (SSSR count). The van der Waals surface area contributed by atoms with Crippen LogP contribution in [0.15, 0.2) is 78.8 Å². The third kappa shape index (κ3) is 2.99. The molecule has 1 atom stereocenters. The molecule has 1 amide bonds. The first-order valence-electron chi connectivity index (χ1n) is 10.0. The van der Waals surface area contributed by atoms with E-state index >= 15 is 0 Å². The maximum Gasteiger partial charge on any atom is 0.300 e. The van der Waals surface area contributed by atoms with Gasteiger partial charge in [0.25, 0.3) is 11.7 Å². The maximum absolute atomic E-state index is 13.3. The summed E-state index contributed by atoms with van der Waals surface area (Å²) in [6.45, 7) is 1.79. The second-order valence-electron chi connectivity index (χ2n) is 7.58. The molecule has 32 heavy (non-hydrogen) atoms. The number of ketones is 1. The third-order valence-electron chi connectivity index (χ3n) is 5.81. The van der Waals surface area contributed by atoms with Gasteiger partial charge in [-0.3, -0.25) is 19.5 Å². The van der Waals surface area contributed by atoms with Gasteiger partial charge >= 0.3 is 0 Å². The summed E-state index contributed by atoms with van der Waals surface area (Å²) in [5.74, 6) is -1.71. The average Bonchev–Trinajstić information content (AvgIpc) is 3.35. The molecule has 0 radical (unpaired) electrons. The molecule has 2 aromatic carbocycles. The van der Waals surface area contributed by atoms with Crippen LogP contribution in [0.4, 0.5) is 5.69 Å². The van der Waals surface area contributed by atoms with Crippen LogP contribution in [-0.4, -0.2) is 26.8 Å². The first kappa shape index (κ1) is 20.0. The lowest BCUT2D eigenvalue weighted by Crippen LogP contribution is -2.30. The Labute approximate surface area is 188 Å². The number of aliphatic hydroxyl groups excluding tert-OH is 1. The number of nitrogens with one attached hydrogen (secondary N) is 1. The summed E-state index contributed by atoms with van der Waals surface area (Å²) in [4.78, 5) is 35.1. The van der Waals surface area contributed by atoms with E-state index in [1.165, 1.54) is 4.90 Å². The summed E-state index contributed by atoms with van der Waals surface area (Å²) in [5.41, 5.74) is 3.13. The maximum atomic E-state index is 13.3. The topological polar surface area (TPSA) is 86.3 Å². The molecular formula is C25H18ClN3O3. The first-order valence-corrected chi connectivity index (χ1v) is 10.4. The number of aliphatic hydroxyl groups is 1. The molecule has 1 unspecified atom stereocenters. The van der Waals surface area contributed by atoms with Crippen LogP contribution in [0.2, 0.25) is 5.02 Å². The Morgan fingerprint density at radius 1 is 1.06 bits per heavy atom. The third-order valence-corrected chi connectivity index (χ3v) is 6.22. The lowest BCUT2D eigenvalue weighted by molar-refractivity contribution is -0.132. The summed E-state index contributed by atoms with van der Waals surface area (Å²) < 4.78 is 0. The van der Waals surface area contributed by atoms with Crippen LogP contribution in [0.25, 0.3) is 16.7 Å². The van der Waals surface area contributed by atoms with Gasteiger partial charge in [0, 0.05) is 45.8 Å². The van der Waals surface area contributed by atoms with Crippen LogP contribution in [0.1, 0.15) is 22.7 Å². The number of Topliss-reactive ketones (excluding diaryl/α,β-unsaturated/α-hetero) is 1. The Morgan fingerprint density at radius 2 is 1.81 bits per heavy atom. The number of aromatic amines is 1. The van der Waals surface area contributed by atoms with Crippen LogP contribution in [-0.2, 0) is 9.59 Å². The van der Waals surface area contributed by atoms with Gasteiger partial charge in [0.2, 0.25) is 0 Å². The molecule has 2 aromatic heterocycles. The molecule has 1 fully saturated rings. The van der Waals surface area contributed by atoms with Crippen molar-refractivity contribution in [2.45, 2.75) is 13.0 Å². The van der Waals surface area contributed by atoms with Crippen LogP contribution in [0, 0.1) is 6.92 Å². The van der Waals surface area contributed by atoms with E-state index in [9.17, 15) is 14.7 Å². The summed E-state index contributed by atoms with van der Waals surface area (Å²) in [7, 11) is 0. The molecule has 3 heterocycles. The fourth-order valence-corrected chi connectivity index (χ4v) is 4.38. The molecule has 0 aliphatic carbocycles. The lowest BCUT2D eigenvalue weighted by atomic mass is 9.95.